The van der Waals surface area contributed by atoms with Crippen LogP contribution in [0.25, 0.3) is 0 Å². The summed E-state index contributed by atoms with van der Waals surface area (Å²) < 4.78 is 0. The van der Waals surface area contributed by atoms with Gasteiger partial charge in [-0.25, -0.2) is 0 Å². The van der Waals surface area contributed by atoms with Gasteiger partial charge in [-0.1, -0.05) is 0 Å². The molecular weight excluding hydrogens is 202 g/mol. The third-order valence-electron chi connectivity index (χ3n) is 2.80. The molecule has 0 aromatic heterocycles. The van der Waals surface area contributed by atoms with Gasteiger partial charge in [0, 0.05) is 30.5 Å². The van der Waals surface area contributed by atoms with Crippen LogP contribution in [0.15, 0.2) is 18.2 Å². The molecule has 1 aromatic carbocycles. The molecule has 0 atom stereocenters. The molecule has 86 valence electrons. The number of amides is 1. The number of carbonyl (C=O) groups excluding carboxylic acids is 1. The largest absolute Gasteiger partial charge is 0.399 e. The molecule has 1 fully saturated rings. The van der Waals surface area contributed by atoms with Gasteiger partial charge in [-0.15, -0.1) is 0 Å². The number of nitrogens with zero attached hydrogens (tertiary/aromatic N) is 1. The first-order valence-corrected chi connectivity index (χ1v) is 5.48. The van der Waals surface area contributed by atoms with E-state index in [4.69, 9.17) is 11.5 Å². The summed E-state index contributed by atoms with van der Waals surface area (Å²) >= 11 is 0. The van der Waals surface area contributed by atoms with Crippen molar-refractivity contribution in [1.29, 1.82) is 0 Å². The van der Waals surface area contributed by atoms with Gasteiger partial charge >= 0.3 is 0 Å². The Balaban J connectivity index is 2.12. The Morgan fingerprint density at radius 3 is 2.38 bits per heavy atom. The van der Waals surface area contributed by atoms with Gasteiger partial charge < -0.3 is 16.4 Å². The van der Waals surface area contributed by atoms with Crippen molar-refractivity contribution in [1.82, 2.24) is 4.90 Å². The summed E-state index contributed by atoms with van der Waals surface area (Å²) in [4.78, 5) is 13.8. The average Bonchev–Trinajstić information content (AvgIpc) is 2.99. The number of anilines is 2. The van der Waals surface area contributed by atoms with Crippen LogP contribution in [-0.4, -0.2) is 24.4 Å². The number of nitrogens with two attached hydrogens (primary N) is 2. The summed E-state index contributed by atoms with van der Waals surface area (Å²) in [5.41, 5.74) is 13.0. The van der Waals surface area contributed by atoms with Crippen molar-refractivity contribution in [3.05, 3.63) is 23.8 Å². The predicted molar refractivity (Wildman–Crippen MR) is 65.0 cm³/mol. The molecule has 0 unspecified atom stereocenters. The zero-order valence-electron chi connectivity index (χ0n) is 9.44. The topological polar surface area (TPSA) is 72.3 Å². The Labute approximate surface area is 95.2 Å². The highest BCUT2D eigenvalue weighted by Gasteiger charge is 2.25. The molecule has 1 amide bonds. The minimum atomic E-state index is -0.00843. The molecule has 1 aromatic rings. The Hall–Kier alpha value is -1.71. The second-order valence-electron chi connectivity index (χ2n) is 4.52. The molecule has 0 spiro atoms. The number of carbonyl (C=O) groups is 1. The number of benzene rings is 1. The molecule has 0 bridgehead atoms. The Bertz CT molecular complexity index is 392. The molecule has 1 saturated carbocycles. The van der Waals surface area contributed by atoms with Crippen LogP contribution in [-0.2, 0) is 0 Å². The van der Waals surface area contributed by atoms with Gasteiger partial charge in [0.25, 0.3) is 5.91 Å². The van der Waals surface area contributed by atoms with E-state index in [2.05, 4.69) is 0 Å². The molecule has 0 radical (unpaired) electrons. The van der Waals surface area contributed by atoms with Crippen LogP contribution in [0.4, 0.5) is 11.4 Å². The molecule has 1 aliphatic carbocycles. The first-order chi connectivity index (χ1) is 7.56. The van der Waals surface area contributed by atoms with Gasteiger partial charge in [-0.3, -0.25) is 4.79 Å². The monoisotopic (exact) mass is 219 g/mol. The van der Waals surface area contributed by atoms with E-state index in [1.165, 1.54) is 12.8 Å². The van der Waals surface area contributed by atoms with Crippen molar-refractivity contribution in [3.63, 3.8) is 0 Å². The van der Waals surface area contributed by atoms with Crippen molar-refractivity contribution in [2.24, 2.45) is 5.92 Å². The molecule has 0 aliphatic heterocycles. The number of nitrogen functional groups attached to an aromatic ring is 2. The summed E-state index contributed by atoms with van der Waals surface area (Å²) in [6.07, 6.45) is 2.47. The van der Waals surface area contributed by atoms with E-state index >= 15 is 0 Å². The van der Waals surface area contributed by atoms with E-state index in [1.54, 1.807) is 23.1 Å². The van der Waals surface area contributed by atoms with Crippen LogP contribution >= 0.6 is 0 Å². The first kappa shape index (κ1) is 10.8. The Morgan fingerprint density at radius 2 is 1.88 bits per heavy atom. The summed E-state index contributed by atoms with van der Waals surface area (Å²) in [6, 6.07) is 4.99. The molecule has 16 heavy (non-hydrogen) atoms. The fourth-order valence-corrected chi connectivity index (χ4v) is 1.79. The maximum absolute atomic E-state index is 12.0. The van der Waals surface area contributed by atoms with Crippen LogP contribution in [0.1, 0.15) is 23.2 Å². The quantitative estimate of drug-likeness (QED) is 0.753. The molecule has 0 saturated heterocycles. The zero-order valence-corrected chi connectivity index (χ0v) is 9.44. The lowest BCUT2D eigenvalue weighted by molar-refractivity contribution is 0.0789. The maximum atomic E-state index is 12.0. The second-order valence-corrected chi connectivity index (χ2v) is 4.52. The molecular formula is C12H17N3O. The van der Waals surface area contributed by atoms with Gasteiger partial charge in [0.2, 0.25) is 0 Å². The number of hydrogen-bond acceptors (Lipinski definition) is 3. The van der Waals surface area contributed by atoms with Crippen LogP contribution < -0.4 is 11.5 Å². The smallest absolute Gasteiger partial charge is 0.253 e. The molecule has 0 heterocycles. The molecule has 1 aliphatic rings. The van der Waals surface area contributed by atoms with Gasteiger partial charge in [-0.2, -0.15) is 0 Å². The van der Waals surface area contributed by atoms with E-state index in [0.29, 0.717) is 22.9 Å². The predicted octanol–water partition coefficient (Wildman–Crippen LogP) is 1.33. The minimum Gasteiger partial charge on any atom is -0.399 e. The van der Waals surface area contributed by atoms with Gasteiger partial charge in [0.1, 0.15) is 0 Å². The Morgan fingerprint density at radius 1 is 1.31 bits per heavy atom. The van der Waals surface area contributed by atoms with Gasteiger partial charge in [-0.05, 0) is 37.0 Å². The van der Waals surface area contributed by atoms with Crippen molar-refractivity contribution < 1.29 is 4.79 Å². The molecule has 2 rings (SSSR count). The summed E-state index contributed by atoms with van der Waals surface area (Å²) in [5.74, 6) is 0.679. The summed E-state index contributed by atoms with van der Waals surface area (Å²) in [7, 11) is 1.82. The Kier molecular flexibility index (Phi) is 2.73. The van der Waals surface area contributed by atoms with Crippen molar-refractivity contribution in [2.45, 2.75) is 12.8 Å². The van der Waals surface area contributed by atoms with E-state index in [-0.39, 0.29) is 5.91 Å². The van der Waals surface area contributed by atoms with Crippen LogP contribution in [0.3, 0.4) is 0 Å². The number of hydrogen-bond donors (Lipinski definition) is 2. The highest BCUT2D eigenvalue weighted by Crippen LogP contribution is 2.29. The second kappa shape index (κ2) is 4.04. The number of rotatable bonds is 3. The van der Waals surface area contributed by atoms with E-state index in [0.717, 1.165) is 6.54 Å². The van der Waals surface area contributed by atoms with Gasteiger partial charge in [0.15, 0.2) is 0 Å². The van der Waals surface area contributed by atoms with Crippen molar-refractivity contribution >= 4 is 17.3 Å². The highest BCUT2D eigenvalue weighted by molar-refractivity contribution is 5.96. The average molecular weight is 219 g/mol. The third kappa shape index (κ3) is 2.45. The first-order valence-electron chi connectivity index (χ1n) is 5.48. The van der Waals surface area contributed by atoms with Crippen LogP contribution in [0.2, 0.25) is 0 Å². The fourth-order valence-electron chi connectivity index (χ4n) is 1.79. The maximum Gasteiger partial charge on any atom is 0.253 e. The molecule has 4 nitrogen and oxygen atoms in total. The van der Waals surface area contributed by atoms with E-state index < -0.39 is 0 Å². The molecule has 4 heteroatoms. The normalized spacial score (nSPS) is 14.8. The fraction of sp³-hybridized carbons (Fsp3) is 0.417. The van der Waals surface area contributed by atoms with Crippen molar-refractivity contribution in [3.8, 4) is 0 Å². The lowest BCUT2D eigenvalue weighted by atomic mass is 10.1. The minimum absolute atomic E-state index is 0.00843. The third-order valence-corrected chi connectivity index (χ3v) is 2.80. The van der Waals surface area contributed by atoms with Crippen molar-refractivity contribution in [2.75, 3.05) is 25.1 Å². The highest BCUT2D eigenvalue weighted by atomic mass is 16.2. The summed E-state index contributed by atoms with van der Waals surface area (Å²) in [6.45, 7) is 0.827. The molecule has 4 N–H and O–H groups in total. The SMILES string of the molecule is CN(CC1CC1)C(=O)c1cc(N)cc(N)c1. The van der Waals surface area contributed by atoms with E-state index in [9.17, 15) is 4.79 Å². The lowest BCUT2D eigenvalue weighted by Crippen LogP contribution is -2.28. The van der Waals surface area contributed by atoms with Crippen LogP contribution in [0.5, 0.6) is 0 Å². The summed E-state index contributed by atoms with van der Waals surface area (Å²) in [5, 5.41) is 0. The van der Waals surface area contributed by atoms with Gasteiger partial charge in [0.05, 0.1) is 0 Å². The van der Waals surface area contributed by atoms with Crippen LogP contribution in [0, 0.1) is 5.92 Å². The zero-order chi connectivity index (χ0) is 11.7. The standard InChI is InChI=1S/C12H17N3O/c1-15(7-8-2-3-8)12(16)9-4-10(13)6-11(14)5-9/h4-6,8H,2-3,7,13-14H2,1H3. The lowest BCUT2D eigenvalue weighted by Gasteiger charge is -2.17. The van der Waals surface area contributed by atoms with E-state index in [1.807, 2.05) is 7.05 Å².